The second-order valence-electron chi connectivity index (χ2n) is 5.07. The van der Waals surface area contributed by atoms with Gasteiger partial charge in [0, 0.05) is 16.7 Å². The van der Waals surface area contributed by atoms with Crippen molar-refractivity contribution < 1.29 is 4.84 Å². The third kappa shape index (κ3) is 5.23. The number of halogens is 2. The minimum Gasteiger partial charge on any atom is -0.391 e. The van der Waals surface area contributed by atoms with Gasteiger partial charge in [0.2, 0.25) is 0 Å². The third-order valence-corrected chi connectivity index (χ3v) is 5.02. The number of oxime groups is 1. The van der Waals surface area contributed by atoms with Gasteiger partial charge in [0.05, 0.1) is 16.3 Å². The molecule has 0 aliphatic rings. The summed E-state index contributed by atoms with van der Waals surface area (Å²) in [5, 5.41) is 5.93. The molecule has 0 atom stereocenters. The third-order valence-electron chi connectivity index (χ3n) is 3.24. The molecular weight excluding hydrogens is 375 g/mol. The Labute approximate surface area is 160 Å². The number of rotatable bonds is 6. The van der Waals surface area contributed by atoms with Crippen molar-refractivity contribution >= 4 is 41.2 Å². The Morgan fingerprint density at radius 2 is 1.84 bits per heavy atom. The van der Waals surface area contributed by atoms with Crippen LogP contribution in [0.1, 0.15) is 11.1 Å². The van der Waals surface area contributed by atoms with Crippen molar-refractivity contribution in [2.24, 2.45) is 5.16 Å². The highest BCUT2D eigenvalue weighted by atomic mass is 35.5. The Bertz CT molecular complexity index is 872. The predicted octanol–water partition coefficient (Wildman–Crippen LogP) is 6.09. The van der Waals surface area contributed by atoms with E-state index in [9.17, 15) is 0 Å². The topological polar surface area (TPSA) is 34.5 Å². The molecule has 0 saturated heterocycles. The first kappa shape index (κ1) is 17.8. The first-order chi connectivity index (χ1) is 12.2. The van der Waals surface area contributed by atoms with Gasteiger partial charge >= 0.3 is 0 Å². The van der Waals surface area contributed by atoms with E-state index in [2.05, 4.69) is 10.1 Å². The van der Waals surface area contributed by atoms with E-state index in [1.165, 1.54) is 0 Å². The van der Waals surface area contributed by atoms with Crippen molar-refractivity contribution in [2.45, 2.75) is 16.5 Å². The van der Waals surface area contributed by atoms with Gasteiger partial charge in [0.1, 0.15) is 11.6 Å². The lowest BCUT2D eigenvalue weighted by Gasteiger charge is -2.04. The minimum atomic E-state index is 0.314. The molecule has 0 fully saturated rings. The van der Waals surface area contributed by atoms with Crippen LogP contribution >= 0.6 is 35.0 Å². The molecule has 0 N–H and O–H groups in total. The summed E-state index contributed by atoms with van der Waals surface area (Å²) in [6.07, 6.45) is 3.43. The lowest BCUT2D eigenvalue weighted by molar-refractivity contribution is 0.132. The standard InChI is InChI=1S/C19H14Cl2N2OS/c20-17-9-8-14(11-18(17)21)13-24-23-12-15-5-4-10-22-19(15)25-16-6-2-1-3-7-16/h1-12H,13H2. The van der Waals surface area contributed by atoms with Crippen LogP contribution in [0.4, 0.5) is 0 Å². The molecule has 0 radical (unpaired) electrons. The fourth-order valence-corrected chi connectivity index (χ4v) is 3.21. The highest BCUT2D eigenvalue weighted by Crippen LogP contribution is 2.27. The number of pyridine rings is 1. The average Bonchev–Trinajstić information content (AvgIpc) is 2.64. The van der Waals surface area contributed by atoms with E-state index in [0.29, 0.717) is 16.7 Å². The van der Waals surface area contributed by atoms with Crippen molar-refractivity contribution in [1.82, 2.24) is 4.98 Å². The van der Waals surface area contributed by atoms with Gasteiger partial charge in [0.25, 0.3) is 0 Å². The average molecular weight is 389 g/mol. The van der Waals surface area contributed by atoms with Crippen LogP contribution in [0.25, 0.3) is 0 Å². The number of hydrogen-bond donors (Lipinski definition) is 0. The quantitative estimate of drug-likeness (QED) is 0.378. The predicted molar refractivity (Wildman–Crippen MR) is 104 cm³/mol. The Kier molecular flexibility index (Phi) is 6.34. The maximum Gasteiger partial charge on any atom is 0.142 e. The molecule has 3 aromatic rings. The highest BCUT2D eigenvalue weighted by molar-refractivity contribution is 7.99. The molecule has 6 heteroatoms. The summed E-state index contributed by atoms with van der Waals surface area (Å²) in [6.45, 7) is 0.314. The van der Waals surface area contributed by atoms with Crippen LogP contribution in [0, 0.1) is 0 Å². The van der Waals surface area contributed by atoms with E-state index in [1.54, 1.807) is 36.3 Å². The molecule has 0 aliphatic heterocycles. The Morgan fingerprint density at radius 1 is 1.00 bits per heavy atom. The van der Waals surface area contributed by atoms with Crippen LogP contribution in [-0.2, 0) is 11.4 Å². The second-order valence-corrected chi connectivity index (χ2v) is 6.95. The van der Waals surface area contributed by atoms with Gasteiger partial charge < -0.3 is 4.84 Å². The number of benzene rings is 2. The van der Waals surface area contributed by atoms with E-state index in [4.69, 9.17) is 28.0 Å². The van der Waals surface area contributed by atoms with E-state index in [0.717, 1.165) is 21.0 Å². The van der Waals surface area contributed by atoms with E-state index in [-0.39, 0.29) is 0 Å². The summed E-state index contributed by atoms with van der Waals surface area (Å²) in [7, 11) is 0. The Morgan fingerprint density at radius 3 is 2.64 bits per heavy atom. The van der Waals surface area contributed by atoms with Crippen molar-refractivity contribution in [2.75, 3.05) is 0 Å². The van der Waals surface area contributed by atoms with E-state index in [1.807, 2.05) is 48.5 Å². The molecule has 0 amide bonds. The molecule has 0 unspecified atom stereocenters. The van der Waals surface area contributed by atoms with Crippen LogP contribution in [0.2, 0.25) is 10.0 Å². The molecule has 0 spiro atoms. The van der Waals surface area contributed by atoms with E-state index >= 15 is 0 Å². The zero-order valence-corrected chi connectivity index (χ0v) is 15.4. The molecule has 0 bridgehead atoms. The lowest BCUT2D eigenvalue weighted by atomic mass is 10.2. The molecule has 3 nitrogen and oxygen atoms in total. The molecule has 0 aliphatic carbocycles. The summed E-state index contributed by atoms with van der Waals surface area (Å²) < 4.78 is 0. The van der Waals surface area contributed by atoms with Crippen LogP contribution in [-0.4, -0.2) is 11.2 Å². The number of aromatic nitrogens is 1. The molecule has 2 aromatic carbocycles. The van der Waals surface area contributed by atoms with Crippen LogP contribution in [0.3, 0.4) is 0 Å². The van der Waals surface area contributed by atoms with Crippen LogP contribution < -0.4 is 0 Å². The minimum absolute atomic E-state index is 0.314. The first-order valence-electron chi connectivity index (χ1n) is 7.49. The summed E-state index contributed by atoms with van der Waals surface area (Å²) in [4.78, 5) is 10.9. The molecule has 1 aromatic heterocycles. The zero-order chi connectivity index (χ0) is 17.5. The Balaban J connectivity index is 1.64. The first-order valence-corrected chi connectivity index (χ1v) is 9.07. The summed E-state index contributed by atoms with van der Waals surface area (Å²) in [5.74, 6) is 0. The smallest absolute Gasteiger partial charge is 0.142 e. The van der Waals surface area contributed by atoms with Gasteiger partial charge in [0.15, 0.2) is 0 Å². The largest absolute Gasteiger partial charge is 0.391 e. The van der Waals surface area contributed by atoms with Crippen molar-refractivity contribution in [3.8, 4) is 0 Å². The van der Waals surface area contributed by atoms with Gasteiger partial charge in [-0.2, -0.15) is 0 Å². The highest BCUT2D eigenvalue weighted by Gasteiger charge is 2.04. The lowest BCUT2D eigenvalue weighted by Crippen LogP contribution is -1.92. The van der Waals surface area contributed by atoms with Gasteiger partial charge in [-0.3, -0.25) is 0 Å². The molecule has 126 valence electrons. The molecular formula is C19H14Cl2N2OS. The normalized spacial score (nSPS) is 11.0. The maximum atomic E-state index is 5.98. The van der Waals surface area contributed by atoms with Crippen molar-refractivity contribution in [3.05, 3.63) is 88.0 Å². The molecule has 1 heterocycles. The van der Waals surface area contributed by atoms with Crippen molar-refractivity contribution in [3.63, 3.8) is 0 Å². The fraction of sp³-hybridized carbons (Fsp3) is 0.0526. The second kappa shape index (κ2) is 8.90. The zero-order valence-electron chi connectivity index (χ0n) is 13.1. The van der Waals surface area contributed by atoms with Gasteiger partial charge in [-0.1, -0.05) is 64.4 Å². The number of hydrogen-bond acceptors (Lipinski definition) is 4. The summed E-state index contributed by atoms with van der Waals surface area (Å²) in [6, 6.07) is 19.2. The van der Waals surface area contributed by atoms with Gasteiger partial charge in [-0.15, -0.1) is 0 Å². The SMILES string of the molecule is Clc1ccc(CON=Cc2cccnc2Sc2ccccc2)cc1Cl. The van der Waals surface area contributed by atoms with Crippen LogP contribution in [0.15, 0.2) is 81.9 Å². The van der Waals surface area contributed by atoms with E-state index < -0.39 is 0 Å². The number of nitrogens with zero attached hydrogens (tertiary/aromatic N) is 2. The van der Waals surface area contributed by atoms with Crippen LogP contribution in [0.5, 0.6) is 0 Å². The van der Waals surface area contributed by atoms with Gasteiger partial charge in [-0.25, -0.2) is 4.98 Å². The summed E-state index contributed by atoms with van der Waals surface area (Å²) in [5.41, 5.74) is 1.79. The molecule has 25 heavy (non-hydrogen) atoms. The fourth-order valence-electron chi connectivity index (χ4n) is 2.02. The summed E-state index contributed by atoms with van der Waals surface area (Å²) >= 11 is 13.5. The van der Waals surface area contributed by atoms with Crippen molar-refractivity contribution in [1.29, 1.82) is 0 Å². The maximum absolute atomic E-state index is 5.98. The Hall–Kier alpha value is -2.01. The molecule has 3 rings (SSSR count). The van der Waals surface area contributed by atoms with Gasteiger partial charge in [-0.05, 0) is 42.0 Å². The monoisotopic (exact) mass is 388 g/mol. The molecule has 0 saturated carbocycles.